The second-order valence-corrected chi connectivity index (χ2v) is 4.47. The maximum Gasteiger partial charge on any atom is 0.0446 e. The van der Waals surface area contributed by atoms with Gasteiger partial charge in [0.05, 0.1) is 0 Å². The summed E-state index contributed by atoms with van der Waals surface area (Å²) in [4.78, 5) is 0. The zero-order valence-corrected chi connectivity index (χ0v) is 9.85. The normalized spacial score (nSPS) is 13.1. The number of aliphatic hydroxyl groups excluding tert-OH is 2. The fourth-order valence-corrected chi connectivity index (χ4v) is 2.21. The first-order valence-electron chi connectivity index (χ1n) is 5.38. The molecule has 0 heterocycles. The van der Waals surface area contributed by atoms with Gasteiger partial charge in [-0.3, -0.25) is 0 Å². The second kappa shape index (κ2) is 11.3. The first-order chi connectivity index (χ1) is 6.85. The topological polar surface area (TPSA) is 52.5 Å². The molecule has 1 unspecified atom stereocenters. The summed E-state index contributed by atoms with van der Waals surface area (Å²) >= 11 is 1.84. The Kier molecular flexibility index (Phi) is 11.5. The van der Waals surface area contributed by atoms with Crippen LogP contribution in [-0.2, 0) is 0 Å². The van der Waals surface area contributed by atoms with Crippen LogP contribution in [0.25, 0.3) is 0 Å². The number of nitrogens with one attached hydrogen (secondary N) is 1. The Labute approximate surface area is 91.3 Å². The summed E-state index contributed by atoms with van der Waals surface area (Å²) in [6.45, 7) is 3.69. The summed E-state index contributed by atoms with van der Waals surface area (Å²) < 4.78 is 0. The van der Waals surface area contributed by atoms with Gasteiger partial charge < -0.3 is 15.5 Å². The fraction of sp³-hybridized carbons (Fsp3) is 1.00. The van der Waals surface area contributed by atoms with Crippen LogP contribution in [-0.4, -0.2) is 47.5 Å². The van der Waals surface area contributed by atoms with Crippen molar-refractivity contribution in [3.05, 3.63) is 0 Å². The lowest BCUT2D eigenvalue weighted by atomic mass is 10.2. The third kappa shape index (κ3) is 8.81. The summed E-state index contributed by atoms with van der Waals surface area (Å²) in [5.41, 5.74) is 0. The van der Waals surface area contributed by atoms with Crippen LogP contribution in [0.1, 0.15) is 26.2 Å². The third-order valence-corrected chi connectivity index (χ3v) is 3.14. The van der Waals surface area contributed by atoms with Crippen molar-refractivity contribution < 1.29 is 10.2 Å². The average Bonchev–Trinajstić information content (AvgIpc) is 2.20. The molecule has 4 heteroatoms. The van der Waals surface area contributed by atoms with Gasteiger partial charge in [0.1, 0.15) is 0 Å². The SMILES string of the molecule is CCCNC(CCO)CSCCCO. The molecule has 0 spiro atoms. The highest BCUT2D eigenvalue weighted by Gasteiger charge is 2.06. The Bertz CT molecular complexity index is 114. The van der Waals surface area contributed by atoms with Crippen molar-refractivity contribution in [2.45, 2.75) is 32.2 Å². The Hall–Kier alpha value is 0.230. The van der Waals surface area contributed by atoms with Crippen molar-refractivity contribution in [2.24, 2.45) is 0 Å². The number of hydrogen-bond acceptors (Lipinski definition) is 4. The number of hydrogen-bond donors (Lipinski definition) is 3. The van der Waals surface area contributed by atoms with Crippen LogP contribution in [0.4, 0.5) is 0 Å². The lowest BCUT2D eigenvalue weighted by Crippen LogP contribution is -2.33. The summed E-state index contributed by atoms with van der Waals surface area (Å²) in [7, 11) is 0. The highest BCUT2D eigenvalue weighted by molar-refractivity contribution is 7.99. The Morgan fingerprint density at radius 1 is 1.29 bits per heavy atom. The molecule has 3 N–H and O–H groups in total. The highest BCUT2D eigenvalue weighted by atomic mass is 32.2. The molecule has 0 saturated carbocycles. The Morgan fingerprint density at radius 3 is 2.64 bits per heavy atom. The van der Waals surface area contributed by atoms with Gasteiger partial charge in [0.15, 0.2) is 0 Å². The first-order valence-corrected chi connectivity index (χ1v) is 6.53. The lowest BCUT2D eigenvalue weighted by Gasteiger charge is -2.16. The monoisotopic (exact) mass is 221 g/mol. The second-order valence-electron chi connectivity index (χ2n) is 3.32. The zero-order valence-electron chi connectivity index (χ0n) is 9.04. The number of thioether (sulfide) groups is 1. The van der Waals surface area contributed by atoms with Gasteiger partial charge in [0.25, 0.3) is 0 Å². The van der Waals surface area contributed by atoms with E-state index in [-0.39, 0.29) is 13.2 Å². The molecule has 0 aromatic carbocycles. The molecule has 0 radical (unpaired) electrons. The molecule has 14 heavy (non-hydrogen) atoms. The minimum Gasteiger partial charge on any atom is -0.396 e. The van der Waals surface area contributed by atoms with E-state index in [0.717, 1.165) is 37.3 Å². The minimum atomic E-state index is 0.252. The Morgan fingerprint density at radius 2 is 2.07 bits per heavy atom. The smallest absolute Gasteiger partial charge is 0.0446 e. The molecule has 3 nitrogen and oxygen atoms in total. The lowest BCUT2D eigenvalue weighted by molar-refractivity contribution is 0.270. The predicted octanol–water partition coefficient (Wildman–Crippen LogP) is 0.853. The molecule has 0 aromatic heterocycles. The van der Waals surface area contributed by atoms with Crippen LogP contribution in [0.5, 0.6) is 0 Å². The summed E-state index contributed by atoms with van der Waals surface area (Å²) in [6.07, 6.45) is 2.82. The van der Waals surface area contributed by atoms with Gasteiger partial charge in [-0.1, -0.05) is 6.92 Å². The van der Waals surface area contributed by atoms with E-state index < -0.39 is 0 Å². The van der Waals surface area contributed by atoms with E-state index in [0.29, 0.717) is 6.04 Å². The van der Waals surface area contributed by atoms with E-state index in [1.165, 1.54) is 0 Å². The van der Waals surface area contributed by atoms with Crippen LogP contribution in [0, 0.1) is 0 Å². The minimum absolute atomic E-state index is 0.252. The van der Waals surface area contributed by atoms with Crippen molar-refractivity contribution in [3.8, 4) is 0 Å². The van der Waals surface area contributed by atoms with E-state index in [2.05, 4.69) is 12.2 Å². The van der Waals surface area contributed by atoms with Gasteiger partial charge in [-0.15, -0.1) is 0 Å². The van der Waals surface area contributed by atoms with Crippen LogP contribution < -0.4 is 5.32 Å². The molecule has 0 fully saturated rings. The third-order valence-electron chi connectivity index (χ3n) is 1.93. The summed E-state index contributed by atoms with van der Waals surface area (Å²) in [5.74, 6) is 2.03. The van der Waals surface area contributed by atoms with Crippen molar-refractivity contribution >= 4 is 11.8 Å². The van der Waals surface area contributed by atoms with E-state index in [9.17, 15) is 0 Å². The summed E-state index contributed by atoms with van der Waals surface area (Å²) in [6, 6.07) is 0.420. The zero-order chi connectivity index (χ0) is 10.6. The van der Waals surface area contributed by atoms with E-state index in [4.69, 9.17) is 10.2 Å². The average molecular weight is 221 g/mol. The molecule has 1 atom stereocenters. The number of aliphatic hydroxyl groups is 2. The largest absolute Gasteiger partial charge is 0.396 e. The summed E-state index contributed by atoms with van der Waals surface area (Å²) in [5, 5.41) is 20.9. The standard InChI is InChI=1S/C10H23NO2S/c1-2-5-11-10(4-7-13)9-14-8-3-6-12/h10-13H,2-9H2,1H3. The van der Waals surface area contributed by atoms with Gasteiger partial charge in [-0.05, 0) is 31.6 Å². The van der Waals surface area contributed by atoms with Crippen molar-refractivity contribution in [1.29, 1.82) is 0 Å². The van der Waals surface area contributed by atoms with Gasteiger partial charge >= 0.3 is 0 Å². The van der Waals surface area contributed by atoms with Crippen molar-refractivity contribution in [1.82, 2.24) is 5.32 Å². The van der Waals surface area contributed by atoms with E-state index in [1.807, 2.05) is 11.8 Å². The molecule has 0 bridgehead atoms. The van der Waals surface area contributed by atoms with Gasteiger partial charge in [0, 0.05) is 25.0 Å². The number of rotatable bonds is 10. The predicted molar refractivity (Wildman–Crippen MR) is 62.8 cm³/mol. The molecular formula is C10H23NO2S. The molecule has 86 valence electrons. The molecular weight excluding hydrogens is 198 g/mol. The van der Waals surface area contributed by atoms with Crippen LogP contribution in [0.2, 0.25) is 0 Å². The van der Waals surface area contributed by atoms with Crippen molar-refractivity contribution in [2.75, 3.05) is 31.3 Å². The molecule has 0 aliphatic heterocycles. The molecule has 0 rings (SSSR count). The highest BCUT2D eigenvalue weighted by Crippen LogP contribution is 2.07. The van der Waals surface area contributed by atoms with Gasteiger partial charge in [-0.2, -0.15) is 11.8 Å². The molecule has 0 aliphatic carbocycles. The fourth-order valence-electron chi connectivity index (χ4n) is 1.14. The maximum atomic E-state index is 8.85. The first kappa shape index (κ1) is 14.2. The quantitative estimate of drug-likeness (QED) is 0.479. The molecule has 0 saturated heterocycles. The van der Waals surface area contributed by atoms with Gasteiger partial charge in [0.2, 0.25) is 0 Å². The molecule has 0 aliphatic rings. The molecule has 0 amide bonds. The van der Waals surface area contributed by atoms with Crippen LogP contribution in [0.15, 0.2) is 0 Å². The molecule has 0 aromatic rings. The van der Waals surface area contributed by atoms with Crippen LogP contribution in [0.3, 0.4) is 0 Å². The van der Waals surface area contributed by atoms with E-state index in [1.54, 1.807) is 0 Å². The maximum absolute atomic E-state index is 8.85. The van der Waals surface area contributed by atoms with Crippen molar-refractivity contribution in [3.63, 3.8) is 0 Å². The van der Waals surface area contributed by atoms with Crippen LogP contribution >= 0.6 is 11.8 Å². The van der Waals surface area contributed by atoms with Gasteiger partial charge in [-0.25, -0.2) is 0 Å². The Balaban J connectivity index is 3.40. The van der Waals surface area contributed by atoms with E-state index >= 15 is 0 Å².